The Labute approximate surface area is 128 Å². The molecule has 1 saturated carbocycles. The fourth-order valence-electron chi connectivity index (χ4n) is 2.38. The van der Waals surface area contributed by atoms with Gasteiger partial charge in [0.05, 0.1) is 0 Å². The van der Waals surface area contributed by atoms with Gasteiger partial charge in [-0.15, -0.1) is 10.2 Å². The van der Waals surface area contributed by atoms with Crippen LogP contribution in [0.15, 0.2) is 4.42 Å². The summed E-state index contributed by atoms with van der Waals surface area (Å²) in [6.07, 6.45) is 2.82. The summed E-state index contributed by atoms with van der Waals surface area (Å²) in [6, 6.07) is 0.359. The highest BCUT2D eigenvalue weighted by Crippen LogP contribution is 2.39. The van der Waals surface area contributed by atoms with E-state index >= 15 is 0 Å². The van der Waals surface area contributed by atoms with Crippen molar-refractivity contribution < 1.29 is 8.84 Å². The minimum absolute atomic E-state index is 0.143. The van der Waals surface area contributed by atoms with E-state index in [1.54, 1.807) is 0 Å². The topological polar surface area (TPSA) is 74.2 Å². The molecular weight excluding hydrogens is 282 g/mol. The molecule has 1 aliphatic carbocycles. The van der Waals surface area contributed by atoms with Gasteiger partial charge in [-0.2, -0.15) is 0 Å². The molecule has 1 aromatic heterocycles. The Kier molecular flexibility index (Phi) is 4.61. The number of hydrogen-bond acceptors (Lipinski definition) is 5. The van der Waals surface area contributed by atoms with Crippen LogP contribution in [0.4, 0.5) is 0 Å². The predicted molar refractivity (Wildman–Crippen MR) is 85.4 cm³/mol. The second-order valence-electron chi connectivity index (χ2n) is 7.86. The van der Waals surface area contributed by atoms with Crippen molar-refractivity contribution in [2.45, 2.75) is 77.2 Å². The minimum atomic E-state index is -1.82. The molecule has 2 rings (SSSR count). The lowest BCUT2D eigenvalue weighted by molar-refractivity contribution is 0.164. The second kappa shape index (κ2) is 5.82. The first-order valence-corrected chi connectivity index (χ1v) is 10.7. The smallest absolute Gasteiger partial charge is 0.243 e. The van der Waals surface area contributed by atoms with Crippen LogP contribution in [-0.2, 0) is 10.8 Å². The van der Waals surface area contributed by atoms with Crippen LogP contribution >= 0.6 is 0 Å². The number of nitrogens with two attached hydrogens (primary N) is 1. The third-order valence-electron chi connectivity index (χ3n) is 4.84. The fourth-order valence-corrected chi connectivity index (χ4v) is 3.72. The van der Waals surface area contributed by atoms with Gasteiger partial charge in [0.2, 0.25) is 11.8 Å². The third-order valence-corrected chi connectivity index (χ3v) is 9.40. The molecule has 0 spiro atoms. The van der Waals surface area contributed by atoms with Crippen LogP contribution in [0, 0.1) is 5.92 Å². The summed E-state index contributed by atoms with van der Waals surface area (Å²) in [6.45, 7) is 13.1. The fraction of sp³-hybridized carbons (Fsp3) is 0.867. The van der Waals surface area contributed by atoms with Crippen LogP contribution in [0.5, 0.6) is 0 Å². The molecule has 0 aliphatic heterocycles. The van der Waals surface area contributed by atoms with Gasteiger partial charge in [-0.1, -0.05) is 20.8 Å². The monoisotopic (exact) mass is 311 g/mol. The van der Waals surface area contributed by atoms with Crippen LogP contribution in [0.3, 0.4) is 0 Å². The van der Waals surface area contributed by atoms with Crippen molar-refractivity contribution in [1.82, 2.24) is 10.2 Å². The van der Waals surface area contributed by atoms with E-state index in [1.165, 1.54) is 0 Å². The van der Waals surface area contributed by atoms with Gasteiger partial charge in [0.25, 0.3) is 0 Å². The van der Waals surface area contributed by atoms with Gasteiger partial charge in [-0.3, -0.25) is 0 Å². The van der Waals surface area contributed by atoms with Crippen LogP contribution < -0.4 is 5.73 Å². The maximum Gasteiger partial charge on any atom is 0.243 e. The highest BCUT2D eigenvalue weighted by molar-refractivity contribution is 6.74. The van der Waals surface area contributed by atoms with Crippen molar-refractivity contribution >= 4 is 8.32 Å². The van der Waals surface area contributed by atoms with Gasteiger partial charge in [-0.05, 0) is 43.8 Å². The molecule has 0 aromatic carbocycles. The van der Waals surface area contributed by atoms with E-state index in [9.17, 15) is 0 Å². The first-order chi connectivity index (χ1) is 9.58. The number of hydrogen-bond donors (Lipinski definition) is 1. The molecule has 0 radical (unpaired) electrons. The van der Waals surface area contributed by atoms with Gasteiger partial charge in [-0.25, -0.2) is 0 Å². The lowest BCUT2D eigenvalue weighted by Crippen LogP contribution is -2.41. The maximum absolute atomic E-state index is 6.29. The van der Waals surface area contributed by atoms with E-state index in [0.717, 1.165) is 19.3 Å². The molecule has 1 atom stereocenters. The first-order valence-electron chi connectivity index (χ1n) is 7.84. The summed E-state index contributed by atoms with van der Waals surface area (Å²) < 4.78 is 12.1. The van der Waals surface area contributed by atoms with Crippen molar-refractivity contribution in [3.05, 3.63) is 11.8 Å². The van der Waals surface area contributed by atoms with Crippen molar-refractivity contribution in [3.63, 3.8) is 0 Å². The summed E-state index contributed by atoms with van der Waals surface area (Å²) in [5.74, 6) is 1.91. The highest BCUT2D eigenvalue weighted by Gasteiger charge is 2.39. The summed E-state index contributed by atoms with van der Waals surface area (Å²) in [5.41, 5.74) is 5.80. The molecule has 0 saturated heterocycles. The minimum Gasteiger partial charge on any atom is -0.422 e. The molecule has 1 heterocycles. The third kappa shape index (κ3) is 3.93. The Morgan fingerprint density at radius 2 is 1.95 bits per heavy atom. The van der Waals surface area contributed by atoms with Gasteiger partial charge in [0.1, 0.15) is 6.10 Å². The zero-order chi connectivity index (χ0) is 15.8. The van der Waals surface area contributed by atoms with Crippen LogP contribution in [0.1, 0.15) is 58.4 Å². The van der Waals surface area contributed by atoms with Gasteiger partial charge in [0.15, 0.2) is 8.32 Å². The standard InChI is InChI=1S/C15H29N3O2Si/c1-10(20-21(5,6)15(2,3)4)14-18-17-13(19-14)9-11-7-12(16)8-11/h10-12H,7-9,16H2,1-6H3/t10-,11?,12?/m0/s1. The van der Waals surface area contributed by atoms with Gasteiger partial charge >= 0.3 is 0 Å². The molecule has 0 amide bonds. The predicted octanol–water partition coefficient (Wildman–Crippen LogP) is 3.43. The normalized spacial score (nSPS) is 24.7. The summed E-state index contributed by atoms with van der Waals surface area (Å²) in [4.78, 5) is 0. The molecule has 1 aromatic rings. The molecule has 5 nitrogen and oxygen atoms in total. The average molecular weight is 312 g/mol. The van der Waals surface area contributed by atoms with Crippen molar-refractivity contribution in [3.8, 4) is 0 Å². The molecule has 0 unspecified atom stereocenters. The summed E-state index contributed by atoms with van der Waals surface area (Å²) >= 11 is 0. The van der Waals surface area contributed by atoms with Crippen molar-refractivity contribution in [1.29, 1.82) is 0 Å². The molecule has 21 heavy (non-hydrogen) atoms. The van der Waals surface area contributed by atoms with Crippen molar-refractivity contribution in [2.24, 2.45) is 11.7 Å². The maximum atomic E-state index is 6.29. The van der Waals surface area contributed by atoms with E-state index < -0.39 is 8.32 Å². The average Bonchev–Trinajstić information content (AvgIpc) is 2.73. The number of aromatic nitrogens is 2. The lowest BCUT2D eigenvalue weighted by Gasteiger charge is -2.37. The van der Waals surface area contributed by atoms with Gasteiger partial charge in [0, 0.05) is 12.5 Å². The number of rotatable bonds is 5. The summed E-state index contributed by atoms with van der Waals surface area (Å²) in [5, 5.41) is 8.49. The lowest BCUT2D eigenvalue weighted by atomic mass is 9.79. The Bertz CT molecular complexity index is 476. The van der Waals surface area contributed by atoms with Gasteiger partial charge < -0.3 is 14.6 Å². The number of nitrogens with zero attached hydrogens (tertiary/aromatic N) is 2. The zero-order valence-electron chi connectivity index (χ0n) is 14.1. The second-order valence-corrected chi connectivity index (χ2v) is 12.6. The quantitative estimate of drug-likeness (QED) is 0.843. The molecule has 0 bridgehead atoms. The Balaban J connectivity index is 1.94. The molecule has 2 N–H and O–H groups in total. The van der Waals surface area contributed by atoms with E-state index in [4.69, 9.17) is 14.6 Å². The molecule has 6 heteroatoms. The molecule has 1 fully saturated rings. The van der Waals surface area contributed by atoms with Crippen LogP contribution in [0.2, 0.25) is 18.1 Å². The Morgan fingerprint density at radius 1 is 1.33 bits per heavy atom. The Hall–Kier alpha value is -0.723. The van der Waals surface area contributed by atoms with E-state index in [-0.39, 0.29) is 11.1 Å². The van der Waals surface area contributed by atoms with E-state index in [1.807, 2.05) is 6.92 Å². The van der Waals surface area contributed by atoms with Crippen LogP contribution in [0.25, 0.3) is 0 Å². The first kappa shape index (κ1) is 16.6. The Morgan fingerprint density at radius 3 is 2.48 bits per heavy atom. The molecular formula is C15H29N3O2Si. The SMILES string of the molecule is C[C@H](O[Si](C)(C)C(C)(C)C)c1nnc(CC2CC(N)C2)o1. The van der Waals surface area contributed by atoms with E-state index in [2.05, 4.69) is 44.1 Å². The largest absolute Gasteiger partial charge is 0.422 e. The molecule has 1 aliphatic rings. The highest BCUT2D eigenvalue weighted by atomic mass is 28.4. The van der Waals surface area contributed by atoms with E-state index in [0.29, 0.717) is 23.7 Å². The van der Waals surface area contributed by atoms with Crippen LogP contribution in [-0.4, -0.2) is 24.6 Å². The summed E-state index contributed by atoms with van der Waals surface area (Å²) in [7, 11) is -1.82. The zero-order valence-corrected chi connectivity index (χ0v) is 15.1. The van der Waals surface area contributed by atoms with Crippen molar-refractivity contribution in [2.75, 3.05) is 0 Å². The molecule has 120 valence electrons.